The van der Waals surface area contributed by atoms with Crippen molar-refractivity contribution in [1.29, 1.82) is 0 Å². The van der Waals surface area contributed by atoms with Gasteiger partial charge in [0.25, 0.3) is 22.0 Å². The van der Waals surface area contributed by atoms with Crippen LogP contribution < -0.4 is 31.1 Å². The highest BCUT2D eigenvalue weighted by Gasteiger charge is 2.18. The van der Waals surface area contributed by atoms with Crippen molar-refractivity contribution >= 4 is 81.4 Å². The number of aliphatic hydroxyl groups excluding tert-OH is 3. The van der Waals surface area contributed by atoms with Gasteiger partial charge >= 0.3 is 0 Å². The molecule has 1 atom stereocenters. The highest BCUT2D eigenvalue weighted by Crippen LogP contribution is 2.31. The number of anilines is 8. The Labute approximate surface area is 324 Å². The summed E-state index contributed by atoms with van der Waals surface area (Å²) in [5.74, 6) is -0.444. The molecule has 0 saturated carbocycles. The molecule has 2 heterocycles. The maximum absolute atomic E-state index is 12.5. The Balaban J connectivity index is 1.66. The molecule has 0 fully saturated rings. The van der Waals surface area contributed by atoms with Gasteiger partial charge in [-0.05, 0) is 35.4 Å². The monoisotopic (exact) mass is 802 g/mol. The lowest BCUT2D eigenvalue weighted by Gasteiger charge is -2.14. The van der Waals surface area contributed by atoms with Gasteiger partial charge < -0.3 is 36.6 Å². The third-order valence-corrected chi connectivity index (χ3v) is 8.25. The molecule has 0 spiro atoms. The first kappa shape index (κ1) is 42.0. The predicted octanol–water partition coefficient (Wildman–Crippen LogP) is 1.53. The van der Waals surface area contributed by atoms with Crippen LogP contribution in [0.3, 0.4) is 0 Å². The molecule has 4 aromatic rings. The van der Waals surface area contributed by atoms with Gasteiger partial charge in [0.15, 0.2) is 0 Å². The summed E-state index contributed by atoms with van der Waals surface area (Å²) in [5.41, 5.74) is 0.954. The summed E-state index contributed by atoms with van der Waals surface area (Å²) < 4.78 is 39.9. The molecule has 0 aliphatic heterocycles. The van der Waals surface area contributed by atoms with Crippen LogP contribution in [0.15, 0.2) is 46.2 Å². The zero-order valence-corrected chi connectivity index (χ0v) is 30.2. The number of terminal acetylenes is 4. The number of aliphatic hydroxyl groups is 3. The van der Waals surface area contributed by atoms with Gasteiger partial charge in [0.05, 0.1) is 31.4 Å². The molecule has 0 aliphatic carbocycles. The van der Waals surface area contributed by atoms with Gasteiger partial charge in [-0.3, -0.25) is 4.55 Å². The largest absolute Gasteiger partial charge is 0.395 e. The summed E-state index contributed by atoms with van der Waals surface area (Å²) in [7, 11) is -4.81. The first-order chi connectivity index (χ1) is 26.9. The van der Waals surface area contributed by atoms with Gasteiger partial charge in [0.2, 0.25) is 23.8 Å². The third kappa shape index (κ3) is 11.6. The number of hydrogen-bond donors (Lipinski definition) is 9. The molecule has 0 saturated heterocycles. The minimum atomic E-state index is -4.81. The first-order valence-corrected chi connectivity index (χ1v) is 17.6. The highest BCUT2D eigenvalue weighted by molar-refractivity contribution is 7.94. The maximum Gasteiger partial charge on any atom is 0.295 e. The van der Waals surface area contributed by atoms with E-state index in [0.717, 1.165) is 15.9 Å². The minimum Gasteiger partial charge on any atom is -0.395 e. The molecule has 288 valence electrons. The normalized spacial score (nSPS) is 11.4. The molecule has 1 unspecified atom stereocenters. The lowest BCUT2D eigenvalue weighted by atomic mass is 10.1. The van der Waals surface area contributed by atoms with E-state index in [1.54, 1.807) is 12.1 Å². The molecule has 9 N–H and O–H groups in total. The number of nitrogens with zero attached hydrogens (tertiary/aromatic N) is 8. The molecule has 2 aromatic carbocycles. The minimum absolute atomic E-state index is 0.00342. The van der Waals surface area contributed by atoms with Crippen molar-refractivity contribution in [2.24, 2.45) is 0 Å². The van der Waals surface area contributed by atoms with Gasteiger partial charge in [0, 0.05) is 53.5 Å². The Hall–Kier alpha value is -6.74. The van der Waals surface area contributed by atoms with Crippen LogP contribution in [0, 0.1) is 49.9 Å². The quantitative estimate of drug-likeness (QED) is 0.0124. The van der Waals surface area contributed by atoms with Gasteiger partial charge in [-0.1, -0.05) is 55.0 Å². The van der Waals surface area contributed by atoms with Crippen LogP contribution in [0.25, 0.3) is 12.2 Å². The van der Waals surface area contributed by atoms with E-state index in [1.807, 2.05) is 0 Å². The van der Waals surface area contributed by atoms with Crippen LogP contribution in [-0.2, 0) is 19.5 Å². The van der Waals surface area contributed by atoms with E-state index in [-0.39, 0.29) is 66.6 Å². The van der Waals surface area contributed by atoms with Crippen LogP contribution in [0.5, 0.6) is 0 Å². The molecular weight excluding hydrogens is 773 g/mol. The lowest BCUT2D eigenvalue weighted by Crippen LogP contribution is -2.24. The Morgan fingerprint density at radius 3 is 1.82 bits per heavy atom. The molecule has 0 radical (unpaired) electrons. The maximum atomic E-state index is 12.5. The molecule has 2 aromatic heterocycles. The molecule has 4 rings (SSSR count). The summed E-state index contributed by atoms with van der Waals surface area (Å²) in [5, 5.41) is 52.0. The van der Waals surface area contributed by atoms with Crippen molar-refractivity contribution in [2.45, 2.75) is 15.9 Å². The zero-order valence-electron chi connectivity index (χ0n) is 28.6. The Morgan fingerprint density at radius 1 is 0.786 bits per heavy atom. The summed E-state index contributed by atoms with van der Waals surface area (Å²) in [6.45, 7) is -0.797. The van der Waals surface area contributed by atoms with Crippen LogP contribution in [0.4, 0.5) is 47.1 Å². The highest BCUT2D eigenvalue weighted by atomic mass is 32.2. The second-order valence-corrected chi connectivity index (χ2v) is 12.5. The third-order valence-electron chi connectivity index (χ3n) is 6.68. The first-order valence-electron chi connectivity index (χ1n) is 15.4. The van der Waals surface area contributed by atoms with Crippen molar-refractivity contribution < 1.29 is 42.9 Å². The van der Waals surface area contributed by atoms with Crippen LogP contribution in [0.2, 0.25) is 0 Å². The van der Waals surface area contributed by atoms with E-state index in [1.165, 1.54) is 30.4 Å². The zero-order chi connectivity index (χ0) is 40.7. The van der Waals surface area contributed by atoms with Crippen molar-refractivity contribution in [3.05, 3.63) is 47.5 Å². The Bertz CT molecular complexity index is 2310. The summed E-state index contributed by atoms with van der Waals surface area (Å²) in [6.07, 6.45) is 23.5. The second-order valence-electron chi connectivity index (χ2n) is 10.4. The number of rotatable bonds is 19. The van der Waals surface area contributed by atoms with Crippen LogP contribution in [-0.4, -0.2) is 95.9 Å². The molecule has 0 amide bonds. The van der Waals surface area contributed by atoms with Crippen LogP contribution >= 0.6 is 12.0 Å². The molecule has 0 bridgehead atoms. The predicted molar refractivity (Wildman–Crippen MR) is 206 cm³/mol. The van der Waals surface area contributed by atoms with Crippen LogP contribution in [0.1, 0.15) is 11.1 Å². The van der Waals surface area contributed by atoms with Gasteiger partial charge in [-0.15, -0.1) is 4.33 Å². The standard InChI is InChI=1S/C33H30N12O9S2/c1-5-44(6-2)32-40-28(34-15-16-46)38-31(43-32)37-24-14-12-22(27(18-24)56(50,51)52)10-9-21-11-13-23(17-26(21)55-54-53-49)36-30-39-29(35-19-25(48)20-47)41-33(42-30)45(7-3)8-4/h1-4,9-14,17-18,25,46-49H,15-16,19-20H2,(H,50,51,52)(H2,34,37,38,40,43)(H2,35,36,39,41,42). The molecule has 56 heavy (non-hydrogen) atoms. The number of benzene rings is 2. The SMILES string of the molecule is C#CN(C#C)c1nc(NCCO)nc(Nc2ccc(C=Cc3ccc(Nc4nc(NCC(O)CO)nc(N(C#C)C#C)n4)cc3SOOO)c(S(=O)(=O)O)c2)n1. The van der Waals surface area contributed by atoms with Crippen molar-refractivity contribution in [3.63, 3.8) is 0 Å². The number of nitrogens with one attached hydrogen (secondary N) is 4. The van der Waals surface area contributed by atoms with Gasteiger partial charge in [0.1, 0.15) is 4.90 Å². The van der Waals surface area contributed by atoms with E-state index in [2.05, 4.69) is 84.7 Å². The van der Waals surface area contributed by atoms with E-state index >= 15 is 0 Å². The van der Waals surface area contributed by atoms with Gasteiger partial charge in [-0.2, -0.15) is 48.1 Å². The topological polar surface area (TPSA) is 286 Å². The average Bonchev–Trinajstić information content (AvgIpc) is 3.18. The molecule has 23 heteroatoms. The van der Waals surface area contributed by atoms with E-state index in [4.69, 9.17) is 36.1 Å². The smallest absolute Gasteiger partial charge is 0.295 e. The summed E-state index contributed by atoms with van der Waals surface area (Å²) >= 11 is 0.579. The van der Waals surface area contributed by atoms with Gasteiger partial charge in [-0.25, -0.2) is 5.26 Å². The average molecular weight is 803 g/mol. The fourth-order valence-electron chi connectivity index (χ4n) is 4.23. The Morgan fingerprint density at radius 2 is 1.30 bits per heavy atom. The molecular formula is C33H30N12O9S2. The fourth-order valence-corrected chi connectivity index (χ4v) is 5.45. The second kappa shape index (κ2) is 20.1. The number of aromatic nitrogens is 6. The molecule has 21 nitrogen and oxygen atoms in total. The molecule has 0 aliphatic rings. The van der Waals surface area contributed by atoms with Crippen molar-refractivity contribution in [2.75, 3.05) is 57.4 Å². The summed E-state index contributed by atoms with van der Waals surface area (Å²) in [4.78, 5) is 26.7. The fraction of sp³-hybridized carbons (Fsp3) is 0.152. The number of hydrogen-bond acceptors (Lipinski definition) is 21. The summed E-state index contributed by atoms with van der Waals surface area (Å²) in [6, 6.07) is 17.5. The van der Waals surface area contributed by atoms with Crippen molar-refractivity contribution in [3.8, 4) is 49.9 Å². The van der Waals surface area contributed by atoms with E-state index in [0.29, 0.717) is 28.2 Å². The van der Waals surface area contributed by atoms with E-state index in [9.17, 15) is 23.2 Å². The Kier molecular flexibility index (Phi) is 15.1. The lowest BCUT2D eigenvalue weighted by molar-refractivity contribution is -0.432. The van der Waals surface area contributed by atoms with E-state index < -0.39 is 27.7 Å². The van der Waals surface area contributed by atoms with Crippen molar-refractivity contribution in [1.82, 2.24) is 29.9 Å².